The van der Waals surface area contributed by atoms with Crippen molar-refractivity contribution in [1.82, 2.24) is 14.8 Å². The van der Waals surface area contributed by atoms with Crippen molar-refractivity contribution in [2.75, 3.05) is 0 Å². The number of aromatic nitrogens is 3. The van der Waals surface area contributed by atoms with Crippen LogP contribution >= 0.6 is 12.2 Å². The number of nitrogens with one attached hydrogen (secondary N) is 1. The monoisotopic (exact) mass is 235 g/mol. The smallest absolute Gasteiger partial charge is 0.197 e. The number of H-pyrrole nitrogens is 1. The van der Waals surface area contributed by atoms with Crippen LogP contribution in [0.1, 0.15) is 11.1 Å². The summed E-state index contributed by atoms with van der Waals surface area (Å²) in [6.07, 6.45) is 1.55. The van der Waals surface area contributed by atoms with Crippen LogP contribution in [-0.2, 0) is 18.1 Å². The molecule has 4 nitrogen and oxygen atoms in total. The molecule has 1 heterocycles. The molecule has 84 valence electrons. The van der Waals surface area contributed by atoms with Gasteiger partial charge in [0.2, 0.25) is 0 Å². The van der Waals surface area contributed by atoms with Gasteiger partial charge in [0.25, 0.3) is 0 Å². The van der Waals surface area contributed by atoms with Gasteiger partial charge in [0.1, 0.15) is 13.1 Å². The van der Waals surface area contributed by atoms with Gasteiger partial charge in [0.05, 0.1) is 6.61 Å². The minimum absolute atomic E-state index is 0.371. The van der Waals surface area contributed by atoms with E-state index in [2.05, 4.69) is 41.3 Å². The van der Waals surface area contributed by atoms with Crippen LogP contribution in [0, 0.1) is 11.7 Å². The number of hydrogen-bond donors (Lipinski definition) is 1. The average Bonchev–Trinajstić information content (AvgIpc) is 2.68. The van der Waals surface area contributed by atoms with Gasteiger partial charge in [-0.15, -0.1) is 0 Å². The zero-order valence-corrected chi connectivity index (χ0v) is 9.83. The van der Waals surface area contributed by atoms with E-state index in [1.54, 1.807) is 11.0 Å². The van der Waals surface area contributed by atoms with Crippen LogP contribution < -0.4 is 0 Å². The van der Waals surface area contributed by atoms with Crippen LogP contribution in [0.4, 0.5) is 0 Å². The number of aromatic amines is 1. The first-order valence-corrected chi connectivity index (χ1v) is 5.40. The Labute approximate surface area is 98.9 Å². The van der Waals surface area contributed by atoms with Gasteiger partial charge in [-0.3, -0.25) is 0 Å². The second kappa shape index (κ2) is 5.05. The molecule has 0 amide bonds. The molecular weight excluding hydrogens is 222 g/mol. The van der Waals surface area contributed by atoms with Crippen molar-refractivity contribution in [1.29, 1.82) is 0 Å². The molecule has 0 saturated carbocycles. The molecule has 1 aromatic heterocycles. The highest BCUT2D eigenvalue weighted by molar-refractivity contribution is 7.71. The fourth-order valence-electron chi connectivity index (χ4n) is 1.31. The van der Waals surface area contributed by atoms with Crippen molar-refractivity contribution >= 4 is 12.2 Å². The van der Waals surface area contributed by atoms with Crippen molar-refractivity contribution in [2.45, 2.75) is 20.3 Å². The highest BCUT2D eigenvalue weighted by atomic mass is 32.1. The maximum Gasteiger partial charge on any atom is 0.197 e. The molecule has 1 N–H and O–H groups in total. The first-order valence-electron chi connectivity index (χ1n) is 4.99. The third-order valence-corrected chi connectivity index (χ3v) is 2.55. The predicted molar refractivity (Wildman–Crippen MR) is 63.4 cm³/mol. The van der Waals surface area contributed by atoms with Crippen LogP contribution in [0.25, 0.3) is 0 Å². The van der Waals surface area contributed by atoms with Crippen LogP contribution in [0.3, 0.4) is 0 Å². The minimum atomic E-state index is 0.371. The topological polar surface area (TPSA) is 42.8 Å². The summed E-state index contributed by atoms with van der Waals surface area (Å²) in [6, 6.07) is 8.25. The maximum atomic E-state index is 5.50. The molecule has 2 aromatic rings. The molecule has 0 saturated heterocycles. The molecule has 0 aliphatic rings. The molecule has 0 atom stereocenters. The molecule has 0 unspecified atom stereocenters. The summed E-state index contributed by atoms with van der Waals surface area (Å²) in [5.74, 6) is 0. The molecule has 0 fully saturated rings. The summed E-state index contributed by atoms with van der Waals surface area (Å²) in [5, 5.41) is 3.99. The van der Waals surface area contributed by atoms with Crippen molar-refractivity contribution in [3.05, 3.63) is 46.5 Å². The Bertz CT molecular complexity index is 500. The summed E-state index contributed by atoms with van der Waals surface area (Å²) >= 11 is 5.00. The van der Waals surface area contributed by atoms with Gasteiger partial charge in [-0.1, -0.05) is 29.8 Å². The number of aryl methyl sites for hydroxylation is 1. The molecule has 0 aliphatic heterocycles. The summed E-state index contributed by atoms with van der Waals surface area (Å²) in [7, 11) is 0. The van der Waals surface area contributed by atoms with Crippen molar-refractivity contribution < 1.29 is 4.74 Å². The summed E-state index contributed by atoms with van der Waals surface area (Å²) in [4.78, 5) is 2.81. The first-order chi connectivity index (χ1) is 7.75. The number of hydrogen-bond acceptors (Lipinski definition) is 3. The first kappa shape index (κ1) is 11.0. The standard InChI is InChI=1S/C11H13N3OS/c1-9-2-4-10(5-3-9)6-15-8-14-11(16)12-7-13-14/h2-5,7H,6,8H2,1H3,(H,12,13,16). The molecule has 0 aliphatic carbocycles. The second-order valence-electron chi connectivity index (χ2n) is 3.56. The van der Waals surface area contributed by atoms with Gasteiger partial charge in [0, 0.05) is 0 Å². The molecule has 0 bridgehead atoms. The van der Waals surface area contributed by atoms with E-state index in [9.17, 15) is 0 Å². The fraction of sp³-hybridized carbons (Fsp3) is 0.273. The van der Waals surface area contributed by atoms with E-state index in [1.807, 2.05) is 0 Å². The van der Waals surface area contributed by atoms with Gasteiger partial charge in [0.15, 0.2) is 4.77 Å². The van der Waals surface area contributed by atoms with Crippen molar-refractivity contribution in [3.63, 3.8) is 0 Å². The lowest BCUT2D eigenvalue weighted by Crippen LogP contribution is -2.04. The highest BCUT2D eigenvalue weighted by Gasteiger charge is 1.96. The van der Waals surface area contributed by atoms with Gasteiger partial charge < -0.3 is 9.72 Å². The third-order valence-electron chi connectivity index (χ3n) is 2.22. The highest BCUT2D eigenvalue weighted by Crippen LogP contribution is 2.04. The Hall–Kier alpha value is -1.46. The van der Waals surface area contributed by atoms with Gasteiger partial charge in [-0.25, -0.2) is 4.68 Å². The summed E-state index contributed by atoms with van der Waals surface area (Å²) < 4.78 is 7.67. The lowest BCUT2D eigenvalue weighted by Gasteiger charge is -2.04. The van der Waals surface area contributed by atoms with Gasteiger partial charge in [-0.2, -0.15) is 5.10 Å². The lowest BCUT2D eigenvalue weighted by atomic mass is 10.2. The number of ether oxygens (including phenoxy) is 1. The summed E-state index contributed by atoms with van der Waals surface area (Å²) in [6.45, 7) is 3.00. The molecule has 1 aromatic carbocycles. The molecular formula is C11H13N3OS. The molecule has 0 spiro atoms. The Balaban J connectivity index is 1.87. The van der Waals surface area contributed by atoms with Crippen molar-refractivity contribution in [2.24, 2.45) is 0 Å². The van der Waals surface area contributed by atoms with E-state index in [0.717, 1.165) is 5.56 Å². The normalized spacial score (nSPS) is 10.6. The largest absolute Gasteiger partial charge is 0.354 e. The average molecular weight is 235 g/mol. The van der Waals surface area contributed by atoms with Gasteiger partial charge in [-0.05, 0) is 24.7 Å². The zero-order valence-electron chi connectivity index (χ0n) is 9.01. The molecule has 5 heteroatoms. The zero-order chi connectivity index (χ0) is 11.4. The van der Waals surface area contributed by atoms with E-state index in [0.29, 0.717) is 18.1 Å². The molecule has 2 rings (SSSR count). The number of rotatable bonds is 4. The van der Waals surface area contributed by atoms with E-state index in [-0.39, 0.29) is 0 Å². The summed E-state index contributed by atoms with van der Waals surface area (Å²) in [5.41, 5.74) is 2.39. The Kier molecular flexibility index (Phi) is 3.48. The van der Waals surface area contributed by atoms with E-state index < -0.39 is 0 Å². The quantitative estimate of drug-likeness (QED) is 0.828. The van der Waals surface area contributed by atoms with Crippen molar-refractivity contribution in [3.8, 4) is 0 Å². The van der Waals surface area contributed by atoms with Crippen LogP contribution in [0.2, 0.25) is 0 Å². The van der Waals surface area contributed by atoms with Crippen LogP contribution in [-0.4, -0.2) is 14.8 Å². The minimum Gasteiger partial charge on any atom is -0.354 e. The maximum absolute atomic E-state index is 5.50. The van der Waals surface area contributed by atoms with E-state index in [1.165, 1.54) is 5.56 Å². The molecule has 16 heavy (non-hydrogen) atoms. The van der Waals surface area contributed by atoms with Crippen LogP contribution in [0.5, 0.6) is 0 Å². The Morgan fingerprint density at radius 3 is 2.75 bits per heavy atom. The lowest BCUT2D eigenvalue weighted by molar-refractivity contribution is 0.0550. The third kappa shape index (κ3) is 2.77. The second-order valence-corrected chi connectivity index (χ2v) is 3.94. The SMILES string of the molecule is Cc1ccc(COCn2nc[nH]c2=S)cc1. The Morgan fingerprint density at radius 2 is 2.12 bits per heavy atom. The van der Waals surface area contributed by atoms with Crippen LogP contribution in [0.15, 0.2) is 30.6 Å². The molecule has 0 radical (unpaired) electrons. The Morgan fingerprint density at radius 1 is 1.38 bits per heavy atom. The number of nitrogens with zero attached hydrogens (tertiary/aromatic N) is 2. The van der Waals surface area contributed by atoms with Gasteiger partial charge >= 0.3 is 0 Å². The van der Waals surface area contributed by atoms with E-state index >= 15 is 0 Å². The fourth-order valence-corrected chi connectivity index (χ4v) is 1.46. The van der Waals surface area contributed by atoms with E-state index in [4.69, 9.17) is 17.0 Å². The predicted octanol–water partition coefficient (Wildman–Crippen LogP) is 2.42. The number of benzene rings is 1.